The number of carbonyl (C=O) groups excluding carboxylic acids is 1. The number of benzene rings is 2. The average Bonchev–Trinajstić information content (AvgIpc) is 2.90. The maximum Gasteiger partial charge on any atom is 0.255 e. The van der Waals surface area contributed by atoms with E-state index in [1.54, 1.807) is 20.1 Å². The van der Waals surface area contributed by atoms with Gasteiger partial charge in [0.25, 0.3) is 5.91 Å². The second-order valence-corrected chi connectivity index (χ2v) is 5.56. The van der Waals surface area contributed by atoms with Crippen LogP contribution in [0.4, 0.5) is 0 Å². The zero-order valence-corrected chi connectivity index (χ0v) is 13.5. The largest absolute Gasteiger partial charge is 0.497 e. The van der Waals surface area contributed by atoms with E-state index in [0.29, 0.717) is 17.9 Å². The van der Waals surface area contributed by atoms with Crippen molar-refractivity contribution in [2.24, 2.45) is 0 Å². The molecular formula is C19H19NO3. The molecule has 3 rings (SSSR count). The molecule has 0 spiro atoms. The molecular weight excluding hydrogens is 290 g/mol. The van der Waals surface area contributed by atoms with Crippen LogP contribution < -0.4 is 10.1 Å². The maximum atomic E-state index is 12.2. The van der Waals surface area contributed by atoms with E-state index in [1.807, 2.05) is 37.3 Å². The van der Waals surface area contributed by atoms with E-state index < -0.39 is 0 Å². The molecule has 1 N–H and O–H groups in total. The normalized spacial score (nSPS) is 10.7. The van der Waals surface area contributed by atoms with Crippen LogP contribution in [-0.2, 0) is 6.54 Å². The highest BCUT2D eigenvalue weighted by atomic mass is 16.5. The zero-order valence-electron chi connectivity index (χ0n) is 13.5. The number of rotatable bonds is 4. The summed E-state index contributed by atoms with van der Waals surface area (Å²) in [7, 11) is 1.66. The van der Waals surface area contributed by atoms with Gasteiger partial charge in [0.05, 0.1) is 12.7 Å². The van der Waals surface area contributed by atoms with Crippen molar-refractivity contribution in [2.75, 3.05) is 7.11 Å². The minimum absolute atomic E-state index is 0.117. The topological polar surface area (TPSA) is 51.5 Å². The molecule has 1 amide bonds. The third-order valence-corrected chi connectivity index (χ3v) is 3.85. The monoisotopic (exact) mass is 309 g/mol. The van der Waals surface area contributed by atoms with Crippen molar-refractivity contribution >= 4 is 16.7 Å². The summed E-state index contributed by atoms with van der Waals surface area (Å²) in [6.07, 6.45) is 0. The summed E-state index contributed by atoms with van der Waals surface area (Å²) in [5.74, 6) is 2.11. The van der Waals surface area contributed by atoms with Crippen molar-refractivity contribution in [1.82, 2.24) is 5.32 Å². The SMILES string of the molecule is COc1ccc2cc(CNC(=O)c3cc(C)oc3C)ccc2c1. The van der Waals surface area contributed by atoms with Gasteiger partial charge in [0.1, 0.15) is 17.3 Å². The fourth-order valence-electron chi connectivity index (χ4n) is 2.64. The van der Waals surface area contributed by atoms with Crippen molar-refractivity contribution in [1.29, 1.82) is 0 Å². The van der Waals surface area contributed by atoms with E-state index in [2.05, 4.69) is 11.4 Å². The van der Waals surface area contributed by atoms with Crippen LogP contribution >= 0.6 is 0 Å². The first kappa shape index (κ1) is 15.2. The van der Waals surface area contributed by atoms with Gasteiger partial charge in [-0.05, 0) is 54.4 Å². The number of nitrogens with one attached hydrogen (secondary N) is 1. The van der Waals surface area contributed by atoms with E-state index in [9.17, 15) is 4.79 Å². The minimum Gasteiger partial charge on any atom is -0.497 e. The van der Waals surface area contributed by atoms with Crippen molar-refractivity contribution in [3.05, 3.63) is 65.1 Å². The molecule has 0 saturated heterocycles. The van der Waals surface area contributed by atoms with Crippen LogP contribution in [0.2, 0.25) is 0 Å². The van der Waals surface area contributed by atoms with Gasteiger partial charge in [-0.3, -0.25) is 4.79 Å². The number of ether oxygens (including phenoxy) is 1. The molecule has 0 unspecified atom stereocenters. The molecule has 1 heterocycles. The fraction of sp³-hybridized carbons (Fsp3) is 0.211. The average molecular weight is 309 g/mol. The second kappa shape index (κ2) is 6.16. The molecule has 0 radical (unpaired) electrons. The van der Waals surface area contributed by atoms with E-state index in [4.69, 9.17) is 9.15 Å². The Labute approximate surface area is 135 Å². The Balaban J connectivity index is 1.74. The van der Waals surface area contributed by atoms with Crippen molar-refractivity contribution in [3.8, 4) is 5.75 Å². The molecule has 0 fully saturated rings. The van der Waals surface area contributed by atoms with Crippen LogP contribution in [0.5, 0.6) is 5.75 Å². The molecule has 0 aliphatic rings. The van der Waals surface area contributed by atoms with Gasteiger partial charge in [-0.15, -0.1) is 0 Å². The molecule has 0 saturated carbocycles. The molecule has 3 aromatic rings. The number of fused-ring (bicyclic) bond motifs is 1. The second-order valence-electron chi connectivity index (χ2n) is 5.56. The Morgan fingerprint density at radius 1 is 1.09 bits per heavy atom. The number of aryl methyl sites for hydroxylation is 2. The van der Waals surface area contributed by atoms with Crippen LogP contribution in [0.1, 0.15) is 27.4 Å². The lowest BCUT2D eigenvalue weighted by Gasteiger charge is -2.07. The first-order valence-electron chi connectivity index (χ1n) is 7.49. The van der Waals surface area contributed by atoms with Gasteiger partial charge in [0.15, 0.2) is 0 Å². The summed E-state index contributed by atoms with van der Waals surface area (Å²) in [5, 5.41) is 5.16. The maximum absolute atomic E-state index is 12.2. The molecule has 1 aromatic heterocycles. The highest BCUT2D eigenvalue weighted by molar-refractivity contribution is 5.95. The fourth-order valence-corrected chi connectivity index (χ4v) is 2.64. The Hall–Kier alpha value is -2.75. The lowest BCUT2D eigenvalue weighted by Crippen LogP contribution is -2.22. The van der Waals surface area contributed by atoms with E-state index >= 15 is 0 Å². The van der Waals surface area contributed by atoms with Crippen LogP contribution in [0.3, 0.4) is 0 Å². The van der Waals surface area contributed by atoms with Crippen molar-refractivity contribution in [2.45, 2.75) is 20.4 Å². The first-order chi connectivity index (χ1) is 11.1. The molecule has 4 heteroatoms. The third kappa shape index (κ3) is 3.21. The highest BCUT2D eigenvalue weighted by Gasteiger charge is 2.13. The number of methoxy groups -OCH3 is 1. The molecule has 4 nitrogen and oxygen atoms in total. The van der Waals surface area contributed by atoms with E-state index in [1.165, 1.54) is 0 Å². The summed E-state index contributed by atoms with van der Waals surface area (Å²) in [6.45, 7) is 4.11. The number of hydrogen-bond donors (Lipinski definition) is 1. The van der Waals surface area contributed by atoms with Gasteiger partial charge in [-0.1, -0.05) is 18.2 Å². The molecule has 0 aliphatic carbocycles. The van der Waals surface area contributed by atoms with Gasteiger partial charge in [0, 0.05) is 6.54 Å². The predicted molar refractivity (Wildman–Crippen MR) is 89.9 cm³/mol. The molecule has 0 aliphatic heterocycles. The van der Waals surface area contributed by atoms with Crippen molar-refractivity contribution < 1.29 is 13.9 Å². The Morgan fingerprint density at radius 3 is 2.52 bits per heavy atom. The van der Waals surface area contributed by atoms with E-state index in [0.717, 1.165) is 27.8 Å². The summed E-state index contributed by atoms with van der Waals surface area (Å²) in [5.41, 5.74) is 1.64. The van der Waals surface area contributed by atoms with E-state index in [-0.39, 0.29) is 5.91 Å². The van der Waals surface area contributed by atoms with Crippen LogP contribution in [0.25, 0.3) is 10.8 Å². The summed E-state index contributed by atoms with van der Waals surface area (Å²) >= 11 is 0. The third-order valence-electron chi connectivity index (χ3n) is 3.85. The Bertz CT molecular complexity index is 864. The number of amides is 1. The van der Waals surface area contributed by atoms with Crippen molar-refractivity contribution in [3.63, 3.8) is 0 Å². The van der Waals surface area contributed by atoms with Gasteiger partial charge in [-0.2, -0.15) is 0 Å². The number of carbonyl (C=O) groups is 1. The molecule has 0 bridgehead atoms. The summed E-state index contributed by atoms with van der Waals surface area (Å²) in [6, 6.07) is 13.8. The predicted octanol–water partition coefficient (Wildman–Crippen LogP) is 3.99. The smallest absolute Gasteiger partial charge is 0.255 e. The quantitative estimate of drug-likeness (QED) is 0.793. The van der Waals surface area contributed by atoms with Gasteiger partial charge >= 0.3 is 0 Å². The first-order valence-corrected chi connectivity index (χ1v) is 7.49. The molecule has 23 heavy (non-hydrogen) atoms. The lowest BCUT2D eigenvalue weighted by molar-refractivity contribution is 0.0949. The van der Waals surface area contributed by atoms with Crippen LogP contribution in [-0.4, -0.2) is 13.0 Å². The highest BCUT2D eigenvalue weighted by Crippen LogP contribution is 2.22. The van der Waals surface area contributed by atoms with Crippen LogP contribution in [0, 0.1) is 13.8 Å². The lowest BCUT2D eigenvalue weighted by atomic mass is 10.1. The molecule has 118 valence electrons. The Kier molecular flexibility index (Phi) is 4.06. The van der Waals surface area contributed by atoms with Gasteiger partial charge < -0.3 is 14.5 Å². The van der Waals surface area contributed by atoms with Gasteiger partial charge in [0.2, 0.25) is 0 Å². The number of hydrogen-bond acceptors (Lipinski definition) is 3. The Morgan fingerprint density at radius 2 is 1.83 bits per heavy atom. The standard InChI is InChI=1S/C19H19NO3/c1-12-8-18(13(2)23-12)19(21)20-11-14-4-5-16-10-17(22-3)7-6-15(16)9-14/h4-10H,11H2,1-3H3,(H,20,21). The van der Waals surface area contributed by atoms with Crippen LogP contribution in [0.15, 0.2) is 46.9 Å². The molecule has 0 atom stereocenters. The summed E-state index contributed by atoms with van der Waals surface area (Å²) in [4.78, 5) is 12.2. The minimum atomic E-state index is -0.117. The zero-order chi connectivity index (χ0) is 16.4. The van der Waals surface area contributed by atoms with Gasteiger partial charge in [-0.25, -0.2) is 0 Å². The summed E-state index contributed by atoms with van der Waals surface area (Å²) < 4.78 is 10.6. The number of furan rings is 1. The molecule has 2 aromatic carbocycles.